The van der Waals surface area contributed by atoms with Crippen LogP contribution in [0.15, 0.2) is 24.4 Å². The number of nitrogens with one attached hydrogen (secondary N) is 1. The highest BCUT2D eigenvalue weighted by Gasteiger charge is 2.09. The van der Waals surface area contributed by atoms with Crippen LogP contribution in [0, 0.1) is 0 Å². The van der Waals surface area contributed by atoms with Crippen molar-refractivity contribution >= 4 is 34.5 Å². The molecular weight excluding hydrogens is 275 g/mol. The minimum absolute atomic E-state index is 0.687. The Balaban J connectivity index is 2.19. The van der Waals surface area contributed by atoms with Gasteiger partial charge in [0.1, 0.15) is 0 Å². The standard InChI is InChI=1S/C12H12Cl2N2S/c1-15-6-8-7-16-12(17-8)5-9-10(13)3-2-4-11(9)14/h2-4,7,15H,5-6H2,1H3. The number of benzene rings is 1. The summed E-state index contributed by atoms with van der Waals surface area (Å²) in [7, 11) is 1.92. The van der Waals surface area contributed by atoms with Gasteiger partial charge in [0.15, 0.2) is 0 Å². The molecule has 0 saturated heterocycles. The van der Waals surface area contributed by atoms with Gasteiger partial charge < -0.3 is 5.32 Å². The van der Waals surface area contributed by atoms with Crippen molar-refractivity contribution in [2.45, 2.75) is 13.0 Å². The first-order valence-corrected chi connectivity index (χ1v) is 6.79. The Labute approximate surface area is 115 Å². The van der Waals surface area contributed by atoms with Crippen LogP contribution in [-0.2, 0) is 13.0 Å². The Morgan fingerprint density at radius 1 is 1.29 bits per heavy atom. The molecule has 0 unspecified atom stereocenters. The maximum atomic E-state index is 6.13. The van der Waals surface area contributed by atoms with Crippen molar-refractivity contribution in [1.82, 2.24) is 10.3 Å². The fourth-order valence-corrected chi connectivity index (χ4v) is 3.02. The molecule has 0 amide bonds. The molecule has 0 saturated carbocycles. The Morgan fingerprint density at radius 3 is 2.65 bits per heavy atom. The van der Waals surface area contributed by atoms with Crippen LogP contribution >= 0.6 is 34.5 Å². The normalized spacial score (nSPS) is 10.8. The van der Waals surface area contributed by atoms with E-state index >= 15 is 0 Å². The largest absolute Gasteiger partial charge is 0.315 e. The first-order valence-electron chi connectivity index (χ1n) is 5.21. The lowest BCUT2D eigenvalue weighted by Gasteiger charge is -2.04. The van der Waals surface area contributed by atoms with Gasteiger partial charge in [-0.3, -0.25) is 0 Å². The third-order valence-corrected chi connectivity index (χ3v) is 4.05. The Hall–Kier alpha value is -0.610. The lowest BCUT2D eigenvalue weighted by molar-refractivity contribution is 0.829. The van der Waals surface area contributed by atoms with Crippen LogP contribution in [0.5, 0.6) is 0 Å². The number of rotatable bonds is 4. The van der Waals surface area contributed by atoms with Gasteiger partial charge in [-0.15, -0.1) is 11.3 Å². The van der Waals surface area contributed by atoms with E-state index in [0.29, 0.717) is 16.5 Å². The van der Waals surface area contributed by atoms with Crippen molar-refractivity contribution in [3.8, 4) is 0 Å². The summed E-state index contributed by atoms with van der Waals surface area (Å²) >= 11 is 13.9. The number of aromatic nitrogens is 1. The monoisotopic (exact) mass is 286 g/mol. The number of hydrogen-bond donors (Lipinski definition) is 1. The number of hydrogen-bond acceptors (Lipinski definition) is 3. The molecule has 90 valence electrons. The summed E-state index contributed by atoms with van der Waals surface area (Å²) in [5.41, 5.74) is 0.946. The zero-order valence-electron chi connectivity index (χ0n) is 9.34. The van der Waals surface area contributed by atoms with Crippen LogP contribution < -0.4 is 5.32 Å². The van der Waals surface area contributed by atoms with Gasteiger partial charge in [-0.2, -0.15) is 0 Å². The molecule has 1 aromatic carbocycles. The van der Waals surface area contributed by atoms with Crippen LogP contribution in [0.4, 0.5) is 0 Å². The van der Waals surface area contributed by atoms with E-state index in [1.54, 1.807) is 11.3 Å². The van der Waals surface area contributed by atoms with Gasteiger partial charge in [-0.05, 0) is 24.7 Å². The van der Waals surface area contributed by atoms with Crippen molar-refractivity contribution in [2.75, 3.05) is 7.05 Å². The highest BCUT2D eigenvalue weighted by Crippen LogP contribution is 2.28. The fraction of sp³-hybridized carbons (Fsp3) is 0.250. The molecule has 0 radical (unpaired) electrons. The molecule has 1 heterocycles. The first kappa shape index (κ1) is 12.8. The molecule has 2 aromatic rings. The molecule has 2 rings (SSSR count). The summed E-state index contributed by atoms with van der Waals surface area (Å²) in [6.45, 7) is 0.841. The highest BCUT2D eigenvalue weighted by molar-refractivity contribution is 7.11. The van der Waals surface area contributed by atoms with Crippen LogP contribution in [0.25, 0.3) is 0 Å². The van der Waals surface area contributed by atoms with E-state index in [0.717, 1.165) is 17.1 Å². The van der Waals surface area contributed by atoms with Crippen molar-refractivity contribution in [3.63, 3.8) is 0 Å². The van der Waals surface area contributed by atoms with Gasteiger partial charge in [0.25, 0.3) is 0 Å². The second-order valence-electron chi connectivity index (χ2n) is 3.63. The van der Waals surface area contributed by atoms with Gasteiger partial charge in [0.2, 0.25) is 0 Å². The molecule has 0 fully saturated rings. The summed E-state index contributed by atoms with van der Waals surface area (Å²) in [6.07, 6.45) is 2.58. The Kier molecular flexibility index (Phi) is 4.40. The molecule has 5 heteroatoms. The van der Waals surface area contributed by atoms with Crippen molar-refractivity contribution < 1.29 is 0 Å². The van der Waals surface area contributed by atoms with Crippen molar-refractivity contribution in [2.24, 2.45) is 0 Å². The second-order valence-corrected chi connectivity index (χ2v) is 5.64. The second kappa shape index (κ2) is 5.83. The average Bonchev–Trinajstić information content (AvgIpc) is 2.72. The summed E-state index contributed by atoms with van der Waals surface area (Å²) in [5.74, 6) is 0. The van der Waals surface area contributed by atoms with Gasteiger partial charge >= 0.3 is 0 Å². The smallest absolute Gasteiger partial charge is 0.0973 e. The minimum Gasteiger partial charge on any atom is -0.315 e. The first-order chi connectivity index (χ1) is 8.20. The lowest BCUT2D eigenvalue weighted by atomic mass is 10.1. The van der Waals surface area contributed by atoms with E-state index < -0.39 is 0 Å². The van der Waals surface area contributed by atoms with Gasteiger partial charge in [-0.1, -0.05) is 29.3 Å². The van der Waals surface area contributed by atoms with Gasteiger partial charge in [-0.25, -0.2) is 4.98 Å². The van der Waals surface area contributed by atoms with E-state index in [9.17, 15) is 0 Å². The topological polar surface area (TPSA) is 24.9 Å². The third-order valence-electron chi connectivity index (χ3n) is 2.34. The number of nitrogens with zero attached hydrogens (tertiary/aromatic N) is 1. The Bertz CT molecular complexity index is 491. The molecule has 0 spiro atoms. The highest BCUT2D eigenvalue weighted by atomic mass is 35.5. The van der Waals surface area contributed by atoms with Crippen LogP contribution in [-0.4, -0.2) is 12.0 Å². The molecule has 0 aliphatic heterocycles. The molecule has 1 N–H and O–H groups in total. The average molecular weight is 287 g/mol. The minimum atomic E-state index is 0.687. The maximum Gasteiger partial charge on any atom is 0.0973 e. The fourth-order valence-electron chi connectivity index (χ4n) is 1.54. The molecule has 17 heavy (non-hydrogen) atoms. The van der Waals surface area contributed by atoms with E-state index in [4.69, 9.17) is 23.2 Å². The zero-order chi connectivity index (χ0) is 12.3. The zero-order valence-corrected chi connectivity index (χ0v) is 11.7. The predicted octanol–water partition coefficient (Wildman–Crippen LogP) is 3.76. The predicted molar refractivity (Wildman–Crippen MR) is 74.1 cm³/mol. The third kappa shape index (κ3) is 3.19. The van der Waals surface area contributed by atoms with Crippen LogP contribution in [0.1, 0.15) is 15.4 Å². The van der Waals surface area contributed by atoms with E-state index in [1.807, 2.05) is 31.4 Å². The van der Waals surface area contributed by atoms with Crippen LogP contribution in [0.3, 0.4) is 0 Å². The molecule has 2 nitrogen and oxygen atoms in total. The van der Waals surface area contributed by atoms with Crippen molar-refractivity contribution in [1.29, 1.82) is 0 Å². The molecular formula is C12H12Cl2N2S. The molecule has 0 atom stereocenters. The van der Waals surface area contributed by atoms with Crippen molar-refractivity contribution in [3.05, 3.63) is 49.9 Å². The van der Waals surface area contributed by atoms with Gasteiger partial charge in [0, 0.05) is 34.1 Å². The van der Waals surface area contributed by atoms with E-state index in [1.165, 1.54) is 4.88 Å². The summed E-state index contributed by atoms with van der Waals surface area (Å²) < 4.78 is 0. The molecule has 0 aliphatic rings. The summed E-state index contributed by atoms with van der Waals surface area (Å²) in [5, 5.41) is 5.53. The molecule has 1 aromatic heterocycles. The van der Waals surface area contributed by atoms with Crippen LogP contribution in [0.2, 0.25) is 10.0 Å². The van der Waals surface area contributed by atoms with E-state index in [2.05, 4.69) is 10.3 Å². The Morgan fingerprint density at radius 2 is 2.00 bits per heavy atom. The summed E-state index contributed by atoms with van der Waals surface area (Å²) in [4.78, 5) is 5.59. The SMILES string of the molecule is CNCc1cnc(Cc2c(Cl)cccc2Cl)s1. The lowest BCUT2D eigenvalue weighted by Crippen LogP contribution is -2.02. The molecule has 0 aliphatic carbocycles. The number of halogens is 2. The number of thiazole rings is 1. The molecule has 0 bridgehead atoms. The quantitative estimate of drug-likeness (QED) is 0.926. The summed E-state index contributed by atoms with van der Waals surface area (Å²) in [6, 6.07) is 5.55. The maximum absolute atomic E-state index is 6.13. The van der Waals surface area contributed by atoms with E-state index in [-0.39, 0.29) is 0 Å². The van der Waals surface area contributed by atoms with Gasteiger partial charge in [0.05, 0.1) is 5.01 Å².